The molecule has 0 aromatic heterocycles. The number of hydrogen-bond donors (Lipinski definition) is 3. The Bertz CT molecular complexity index is 578. The highest BCUT2D eigenvalue weighted by atomic mass is 16.5. The molecule has 4 nitrogen and oxygen atoms in total. The second-order valence-electron chi connectivity index (χ2n) is 8.83. The molecule has 3 aliphatic carbocycles. The van der Waals surface area contributed by atoms with E-state index in [-0.39, 0.29) is 36.2 Å². The van der Waals surface area contributed by atoms with Gasteiger partial charge in [0.1, 0.15) is 5.60 Å². The van der Waals surface area contributed by atoms with Crippen LogP contribution in [0.25, 0.3) is 0 Å². The van der Waals surface area contributed by atoms with Gasteiger partial charge in [-0.3, -0.25) is 0 Å². The van der Waals surface area contributed by atoms with E-state index in [1.165, 1.54) is 5.57 Å². The quantitative estimate of drug-likeness (QED) is 0.685. The highest BCUT2D eigenvalue weighted by Gasteiger charge is 2.49. The number of methoxy groups -OCH3 is 1. The maximum Gasteiger partial charge on any atom is 0.109 e. The van der Waals surface area contributed by atoms with Gasteiger partial charge < -0.3 is 20.1 Å². The minimum Gasteiger partial charge on any atom is -0.392 e. The van der Waals surface area contributed by atoms with E-state index in [9.17, 15) is 15.3 Å². The lowest BCUT2D eigenvalue weighted by Gasteiger charge is -2.35. The fourth-order valence-electron chi connectivity index (χ4n) is 5.53. The summed E-state index contributed by atoms with van der Waals surface area (Å²) < 4.78 is 5.32. The molecule has 0 radical (unpaired) electrons. The smallest absolute Gasteiger partial charge is 0.109 e. The molecular weight excluding hydrogens is 316 g/mol. The summed E-state index contributed by atoms with van der Waals surface area (Å²) in [5.41, 5.74) is 2.35. The molecule has 0 aromatic carbocycles. The Morgan fingerprint density at radius 3 is 2.52 bits per heavy atom. The van der Waals surface area contributed by atoms with Crippen molar-refractivity contribution < 1.29 is 20.1 Å². The summed E-state index contributed by atoms with van der Waals surface area (Å²) in [6.45, 7) is 8.69. The number of aliphatic hydroxyl groups is 3. The van der Waals surface area contributed by atoms with Gasteiger partial charge >= 0.3 is 0 Å². The third-order valence-corrected chi connectivity index (χ3v) is 7.00. The first kappa shape index (κ1) is 19.1. The van der Waals surface area contributed by atoms with Gasteiger partial charge in [0.15, 0.2) is 0 Å². The van der Waals surface area contributed by atoms with Crippen molar-refractivity contribution in [2.75, 3.05) is 13.7 Å². The summed E-state index contributed by atoms with van der Waals surface area (Å²) >= 11 is 0. The minimum atomic E-state index is -0.943. The van der Waals surface area contributed by atoms with Crippen LogP contribution in [0.4, 0.5) is 0 Å². The van der Waals surface area contributed by atoms with Crippen LogP contribution < -0.4 is 0 Å². The Morgan fingerprint density at radius 2 is 1.92 bits per heavy atom. The van der Waals surface area contributed by atoms with Gasteiger partial charge in [0.2, 0.25) is 0 Å². The summed E-state index contributed by atoms with van der Waals surface area (Å²) in [5.74, 6) is 0.702. The monoisotopic (exact) mass is 350 g/mol. The highest BCUT2D eigenvalue weighted by Crippen LogP contribution is 2.52. The van der Waals surface area contributed by atoms with Crippen LogP contribution in [0, 0.1) is 29.6 Å². The van der Waals surface area contributed by atoms with Crippen LogP contribution in [-0.2, 0) is 4.74 Å². The highest BCUT2D eigenvalue weighted by molar-refractivity contribution is 5.39. The average molecular weight is 350 g/mol. The molecule has 0 spiro atoms. The van der Waals surface area contributed by atoms with E-state index in [1.54, 1.807) is 7.11 Å². The summed E-state index contributed by atoms with van der Waals surface area (Å²) in [7, 11) is 1.62. The zero-order chi connectivity index (χ0) is 18.5. The van der Waals surface area contributed by atoms with E-state index in [2.05, 4.69) is 33.8 Å². The van der Waals surface area contributed by atoms with Gasteiger partial charge in [-0.05, 0) is 54.1 Å². The molecule has 0 bridgehead atoms. The van der Waals surface area contributed by atoms with Crippen molar-refractivity contribution >= 4 is 0 Å². The second kappa shape index (κ2) is 6.80. The van der Waals surface area contributed by atoms with Crippen LogP contribution in [0.1, 0.15) is 47.0 Å². The van der Waals surface area contributed by atoms with E-state index < -0.39 is 17.8 Å². The van der Waals surface area contributed by atoms with Crippen LogP contribution >= 0.6 is 0 Å². The molecule has 7 atom stereocenters. The normalized spacial score (nSPS) is 44.4. The molecule has 142 valence electrons. The third kappa shape index (κ3) is 3.01. The topological polar surface area (TPSA) is 69.9 Å². The molecule has 3 N–H and O–H groups in total. The van der Waals surface area contributed by atoms with E-state index in [0.29, 0.717) is 12.8 Å². The summed E-state index contributed by atoms with van der Waals surface area (Å²) in [4.78, 5) is 0. The lowest BCUT2D eigenvalue weighted by Crippen LogP contribution is -2.37. The Labute approximate surface area is 151 Å². The van der Waals surface area contributed by atoms with Gasteiger partial charge in [-0.25, -0.2) is 0 Å². The van der Waals surface area contributed by atoms with Crippen molar-refractivity contribution in [1.29, 1.82) is 0 Å². The molecule has 0 amide bonds. The van der Waals surface area contributed by atoms with Crippen molar-refractivity contribution in [2.45, 2.75) is 64.8 Å². The Morgan fingerprint density at radius 1 is 1.24 bits per heavy atom. The van der Waals surface area contributed by atoms with Crippen molar-refractivity contribution in [1.82, 2.24) is 0 Å². The van der Waals surface area contributed by atoms with Gasteiger partial charge in [-0.2, -0.15) is 0 Å². The minimum absolute atomic E-state index is 0.0774. The number of ether oxygens (including phenoxy) is 1. The van der Waals surface area contributed by atoms with Gasteiger partial charge in [0.25, 0.3) is 0 Å². The molecule has 0 unspecified atom stereocenters. The predicted octanol–water partition coefficient (Wildman–Crippen LogP) is 2.68. The molecule has 1 fully saturated rings. The molecule has 0 heterocycles. The Kier molecular flexibility index (Phi) is 5.20. The van der Waals surface area contributed by atoms with Crippen molar-refractivity contribution in [2.24, 2.45) is 29.6 Å². The fourth-order valence-corrected chi connectivity index (χ4v) is 5.53. The van der Waals surface area contributed by atoms with E-state index in [4.69, 9.17) is 4.74 Å². The summed E-state index contributed by atoms with van der Waals surface area (Å²) in [5, 5.41) is 32.9. The first-order valence-electron chi connectivity index (χ1n) is 9.73. The zero-order valence-corrected chi connectivity index (χ0v) is 16.2. The van der Waals surface area contributed by atoms with E-state index in [0.717, 1.165) is 17.6 Å². The number of fused-ring (bicyclic) bond motifs is 2. The van der Waals surface area contributed by atoms with Crippen LogP contribution in [0.15, 0.2) is 22.8 Å². The molecule has 25 heavy (non-hydrogen) atoms. The number of rotatable bonds is 3. The lowest BCUT2D eigenvalue weighted by molar-refractivity contribution is -0.000863. The van der Waals surface area contributed by atoms with Gasteiger partial charge in [0, 0.05) is 13.0 Å². The number of hydrogen-bond acceptors (Lipinski definition) is 4. The van der Waals surface area contributed by atoms with Crippen LogP contribution in [-0.4, -0.2) is 46.8 Å². The maximum atomic E-state index is 11.2. The molecule has 4 heteroatoms. The molecule has 3 rings (SSSR count). The molecule has 0 aliphatic heterocycles. The zero-order valence-electron chi connectivity index (χ0n) is 16.2. The van der Waals surface area contributed by atoms with E-state index in [1.807, 2.05) is 0 Å². The number of aliphatic hydroxyl groups excluding tert-OH is 2. The van der Waals surface area contributed by atoms with Crippen molar-refractivity contribution in [3.8, 4) is 0 Å². The molecular formula is C21H34O4. The van der Waals surface area contributed by atoms with Gasteiger partial charge in [0.05, 0.1) is 18.8 Å². The van der Waals surface area contributed by atoms with Crippen molar-refractivity contribution in [3.05, 3.63) is 22.8 Å². The standard InChI is InChI=1S/C21H34O4/c1-11(2)19-16-9-18(22)12(3)14-6-7-21(24,10-25-5)17(14)8-15(16)13(4)20(19)23/h8,11-15,18,20,22-24H,6-7,9-10H2,1-5H3/t12-,13+,14+,15+,18+,20-,21+/m1/s1. The first-order valence-corrected chi connectivity index (χ1v) is 9.73. The Hall–Kier alpha value is -0.680. The van der Waals surface area contributed by atoms with Gasteiger partial charge in [-0.15, -0.1) is 0 Å². The Balaban J connectivity index is 2.13. The summed E-state index contributed by atoms with van der Waals surface area (Å²) in [6, 6.07) is 0. The van der Waals surface area contributed by atoms with Crippen molar-refractivity contribution in [3.63, 3.8) is 0 Å². The largest absolute Gasteiger partial charge is 0.392 e. The molecule has 3 aliphatic rings. The average Bonchev–Trinajstić information content (AvgIpc) is 2.96. The SMILES string of the molecule is COC[C@@]1(O)CC[C@@H]2C1=C[C@@H]1C(=C(C(C)C)[C@H](O)[C@H]1C)C[C@H](O)[C@@H]2C. The first-order chi connectivity index (χ1) is 11.7. The second-order valence-corrected chi connectivity index (χ2v) is 8.83. The van der Waals surface area contributed by atoms with Crippen LogP contribution in [0.3, 0.4) is 0 Å². The lowest BCUT2D eigenvalue weighted by atomic mass is 9.74. The van der Waals surface area contributed by atoms with Gasteiger partial charge in [-0.1, -0.05) is 39.3 Å². The maximum absolute atomic E-state index is 11.2. The van der Waals surface area contributed by atoms with Crippen LogP contribution in [0.5, 0.6) is 0 Å². The third-order valence-electron chi connectivity index (χ3n) is 7.00. The molecule has 0 aromatic rings. The van der Waals surface area contributed by atoms with Crippen LogP contribution in [0.2, 0.25) is 0 Å². The van der Waals surface area contributed by atoms with E-state index >= 15 is 0 Å². The fraction of sp³-hybridized carbons (Fsp3) is 0.810. The number of allylic oxidation sites excluding steroid dienone is 1. The molecule has 1 saturated carbocycles. The molecule has 0 saturated heterocycles. The predicted molar refractivity (Wildman–Crippen MR) is 97.9 cm³/mol. The summed E-state index contributed by atoms with van der Waals surface area (Å²) in [6.07, 6.45) is 3.49.